The van der Waals surface area contributed by atoms with Gasteiger partial charge in [-0.1, -0.05) is 12.1 Å². The van der Waals surface area contributed by atoms with E-state index < -0.39 is 4.92 Å². The minimum absolute atomic E-state index is 0.0225. The SMILES string of the molecule is COc1cc(-n2c(C)nc3ccccc3c2=O)ccc1N=Nc1ccc([N+](=O)[O-])cc1. The van der Waals surface area contributed by atoms with Crippen molar-refractivity contribution in [2.75, 3.05) is 7.11 Å². The largest absolute Gasteiger partial charge is 0.494 e. The number of fused-ring (bicyclic) bond motifs is 1. The first kappa shape index (κ1) is 19.9. The number of nitrogens with zero attached hydrogens (tertiary/aromatic N) is 5. The third-order valence-corrected chi connectivity index (χ3v) is 4.70. The highest BCUT2D eigenvalue weighted by Crippen LogP contribution is 2.31. The van der Waals surface area contributed by atoms with E-state index in [9.17, 15) is 14.9 Å². The molecule has 0 fully saturated rings. The summed E-state index contributed by atoms with van der Waals surface area (Å²) in [4.78, 5) is 27.8. The molecule has 31 heavy (non-hydrogen) atoms. The van der Waals surface area contributed by atoms with Crippen LogP contribution in [0.3, 0.4) is 0 Å². The van der Waals surface area contributed by atoms with E-state index in [4.69, 9.17) is 4.74 Å². The number of hydrogen-bond donors (Lipinski definition) is 0. The Morgan fingerprint density at radius 1 is 1.03 bits per heavy atom. The summed E-state index contributed by atoms with van der Waals surface area (Å²) in [6.07, 6.45) is 0. The van der Waals surface area contributed by atoms with Gasteiger partial charge in [-0.2, -0.15) is 5.11 Å². The quantitative estimate of drug-likeness (QED) is 0.258. The van der Waals surface area contributed by atoms with Crippen LogP contribution in [0.2, 0.25) is 0 Å². The van der Waals surface area contributed by atoms with Crippen molar-refractivity contribution in [2.24, 2.45) is 10.2 Å². The lowest BCUT2D eigenvalue weighted by Crippen LogP contribution is -2.22. The van der Waals surface area contributed by atoms with E-state index in [0.29, 0.717) is 39.5 Å². The molecule has 0 bridgehead atoms. The number of aromatic nitrogens is 2. The van der Waals surface area contributed by atoms with Crippen LogP contribution < -0.4 is 10.3 Å². The van der Waals surface area contributed by atoms with E-state index >= 15 is 0 Å². The molecule has 9 heteroatoms. The number of para-hydroxylation sites is 1. The topological polar surface area (TPSA) is 112 Å². The Kier molecular flexibility index (Phi) is 5.23. The number of aryl methyl sites for hydroxylation is 1. The second-order valence-corrected chi connectivity index (χ2v) is 6.65. The van der Waals surface area contributed by atoms with Gasteiger partial charge in [-0.05, 0) is 43.3 Å². The van der Waals surface area contributed by atoms with Gasteiger partial charge in [0.2, 0.25) is 0 Å². The first-order valence-electron chi connectivity index (χ1n) is 9.31. The molecule has 0 amide bonds. The molecule has 0 saturated heterocycles. The Bertz CT molecular complexity index is 1380. The molecule has 1 aromatic heterocycles. The Hall–Kier alpha value is -4.40. The number of nitro groups is 1. The fourth-order valence-corrected chi connectivity index (χ4v) is 3.19. The van der Waals surface area contributed by atoms with E-state index in [2.05, 4.69) is 15.2 Å². The van der Waals surface area contributed by atoms with Gasteiger partial charge in [0.1, 0.15) is 17.3 Å². The maximum atomic E-state index is 13.0. The third kappa shape index (κ3) is 3.88. The van der Waals surface area contributed by atoms with Gasteiger partial charge in [-0.25, -0.2) is 4.98 Å². The van der Waals surface area contributed by atoms with Crippen LogP contribution in [0.1, 0.15) is 5.82 Å². The molecular formula is C22H17N5O4. The Labute approximate surface area is 176 Å². The zero-order valence-corrected chi connectivity index (χ0v) is 16.7. The number of hydrogen-bond acceptors (Lipinski definition) is 7. The monoisotopic (exact) mass is 415 g/mol. The summed E-state index contributed by atoms with van der Waals surface area (Å²) in [7, 11) is 1.50. The van der Waals surface area contributed by atoms with Gasteiger partial charge in [0.25, 0.3) is 11.2 Å². The Morgan fingerprint density at radius 3 is 2.48 bits per heavy atom. The summed E-state index contributed by atoms with van der Waals surface area (Å²) in [5.41, 5.74) is 1.94. The van der Waals surface area contributed by atoms with E-state index in [-0.39, 0.29) is 11.2 Å². The number of benzene rings is 3. The van der Waals surface area contributed by atoms with Gasteiger partial charge in [-0.3, -0.25) is 19.5 Å². The molecule has 154 valence electrons. The Morgan fingerprint density at radius 2 is 1.77 bits per heavy atom. The van der Waals surface area contributed by atoms with E-state index in [0.717, 1.165) is 0 Å². The maximum absolute atomic E-state index is 13.0. The highest BCUT2D eigenvalue weighted by atomic mass is 16.6. The molecule has 0 aliphatic carbocycles. The van der Waals surface area contributed by atoms with Crippen molar-refractivity contribution in [1.82, 2.24) is 9.55 Å². The molecule has 0 aliphatic heterocycles. The number of ether oxygens (including phenoxy) is 1. The van der Waals surface area contributed by atoms with Crippen LogP contribution in [0.25, 0.3) is 16.6 Å². The maximum Gasteiger partial charge on any atom is 0.269 e. The third-order valence-electron chi connectivity index (χ3n) is 4.70. The average molecular weight is 415 g/mol. The number of methoxy groups -OCH3 is 1. The predicted octanol–water partition coefficient (Wildman–Crippen LogP) is 5.03. The van der Waals surface area contributed by atoms with Gasteiger partial charge in [-0.15, -0.1) is 5.11 Å². The van der Waals surface area contributed by atoms with Gasteiger partial charge in [0.15, 0.2) is 0 Å². The van der Waals surface area contributed by atoms with Crippen LogP contribution in [0.4, 0.5) is 17.1 Å². The van der Waals surface area contributed by atoms with E-state index in [1.165, 1.54) is 35.9 Å². The van der Waals surface area contributed by atoms with Crippen molar-refractivity contribution in [3.8, 4) is 11.4 Å². The zero-order chi connectivity index (χ0) is 22.0. The van der Waals surface area contributed by atoms with Crippen molar-refractivity contribution < 1.29 is 9.66 Å². The van der Waals surface area contributed by atoms with Gasteiger partial charge in [0, 0.05) is 18.2 Å². The molecule has 0 N–H and O–H groups in total. The molecule has 0 saturated carbocycles. The number of non-ortho nitro benzene ring substituents is 1. The molecule has 0 aliphatic rings. The molecule has 0 spiro atoms. The predicted molar refractivity (Wildman–Crippen MR) is 116 cm³/mol. The average Bonchev–Trinajstić information content (AvgIpc) is 2.78. The highest BCUT2D eigenvalue weighted by Gasteiger charge is 2.12. The second kappa shape index (κ2) is 8.15. The van der Waals surface area contributed by atoms with E-state index in [1.807, 2.05) is 6.07 Å². The fraction of sp³-hybridized carbons (Fsp3) is 0.0909. The molecule has 0 radical (unpaired) electrons. The minimum Gasteiger partial charge on any atom is -0.494 e. The van der Waals surface area contributed by atoms with Gasteiger partial charge >= 0.3 is 0 Å². The lowest BCUT2D eigenvalue weighted by atomic mass is 10.2. The molecular weight excluding hydrogens is 398 g/mol. The van der Waals surface area contributed by atoms with Crippen LogP contribution in [0, 0.1) is 17.0 Å². The summed E-state index contributed by atoms with van der Waals surface area (Å²) < 4.78 is 6.95. The minimum atomic E-state index is -0.478. The first-order chi connectivity index (χ1) is 15.0. The molecule has 9 nitrogen and oxygen atoms in total. The highest BCUT2D eigenvalue weighted by molar-refractivity contribution is 5.78. The summed E-state index contributed by atoms with van der Waals surface area (Å²) in [5, 5.41) is 19.6. The van der Waals surface area contributed by atoms with Crippen molar-refractivity contribution >= 4 is 28.0 Å². The van der Waals surface area contributed by atoms with Crippen LogP contribution in [0.5, 0.6) is 5.75 Å². The fourth-order valence-electron chi connectivity index (χ4n) is 3.19. The lowest BCUT2D eigenvalue weighted by Gasteiger charge is -2.12. The molecule has 4 aromatic rings. The second-order valence-electron chi connectivity index (χ2n) is 6.65. The summed E-state index contributed by atoms with van der Waals surface area (Å²) in [6, 6.07) is 18.0. The van der Waals surface area contributed by atoms with Crippen molar-refractivity contribution in [1.29, 1.82) is 0 Å². The van der Waals surface area contributed by atoms with Crippen molar-refractivity contribution in [3.05, 3.63) is 93.0 Å². The van der Waals surface area contributed by atoms with Crippen LogP contribution >= 0.6 is 0 Å². The normalized spacial score (nSPS) is 11.2. The smallest absolute Gasteiger partial charge is 0.269 e. The van der Waals surface area contributed by atoms with Crippen LogP contribution in [-0.4, -0.2) is 21.6 Å². The summed E-state index contributed by atoms with van der Waals surface area (Å²) in [6.45, 7) is 1.77. The first-order valence-corrected chi connectivity index (χ1v) is 9.31. The Balaban J connectivity index is 1.71. The van der Waals surface area contributed by atoms with Crippen LogP contribution in [0.15, 0.2) is 81.8 Å². The van der Waals surface area contributed by atoms with Crippen molar-refractivity contribution in [3.63, 3.8) is 0 Å². The molecule has 0 atom stereocenters. The molecule has 1 heterocycles. The number of rotatable bonds is 5. The van der Waals surface area contributed by atoms with Crippen LogP contribution in [-0.2, 0) is 0 Å². The van der Waals surface area contributed by atoms with Gasteiger partial charge in [0.05, 0.1) is 34.3 Å². The standard InChI is InChI=1S/C22H17N5O4/c1-14-23-19-6-4-3-5-18(19)22(28)26(14)17-11-12-20(21(13-17)31-2)25-24-15-7-9-16(10-8-15)27(29)30/h3-13H,1-2H3. The number of azo groups is 1. The van der Waals surface area contributed by atoms with E-state index in [1.54, 1.807) is 43.3 Å². The molecule has 4 rings (SSSR count). The zero-order valence-electron chi connectivity index (χ0n) is 16.7. The molecule has 0 unspecified atom stereocenters. The molecule has 3 aromatic carbocycles. The van der Waals surface area contributed by atoms with Gasteiger partial charge < -0.3 is 4.74 Å². The summed E-state index contributed by atoms with van der Waals surface area (Å²) >= 11 is 0. The lowest BCUT2D eigenvalue weighted by molar-refractivity contribution is -0.384. The summed E-state index contributed by atoms with van der Waals surface area (Å²) in [5.74, 6) is 0.966. The number of nitro benzene ring substituents is 1. The van der Waals surface area contributed by atoms with Crippen molar-refractivity contribution in [2.45, 2.75) is 6.92 Å².